The second-order valence-corrected chi connectivity index (χ2v) is 5.19. The lowest BCUT2D eigenvalue weighted by atomic mass is 10.0. The number of hydrogen-bond acceptors (Lipinski definition) is 4. The summed E-state index contributed by atoms with van der Waals surface area (Å²) in [5.74, 6) is 0.0798. The molecular weight excluding hydrogens is 220 g/mol. The maximum atomic E-state index is 11.1. The zero-order valence-electron chi connectivity index (χ0n) is 11.0. The molecule has 0 spiro atoms. The first kappa shape index (κ1) is 14.4. The van der Waals surface area contributed by atoms with Crippen molar-refractivity contribution in [1.29, 1.82) is 0 Å². The quantitative estimate of drug-likeness (QED) is 0.714. The molecule has 1 amide bonds. The second kappa shape index (κ2) is 6.33. The first-order valence-electron chi connectivity index (χ1n) is 6.18. The Balaban J connectivity index is 2.34. The molecule has 1 aliphatic heterocycles. The van der Waals surface area contributed by atoms with E-state index in [1.807, 2.05) is 13.8 Å². The minimum absolute atomic E-state index is 0.0510. The molecule has 1 fully saturated rings. The van der Waals surface area contributed by atoms with Gasteiger partial charge in [0.15, 0.2) is 0 Å². The number of nitrogens with zero attached hydrogens (tertiary/aromatic N) is 1. The second-order valence-electron chi connectivity index (χ2n) is 5.19. The number of nitrogens with one attached hydrogen (secondary N) is 1. The first-order valence-corrected chi connectivity index (χ1v) is 6.18. The normalized spacial score (nSPS) is 24.6. The number of hydrogen-bond donors (Lipinski definition) is 2. The molecule has 1 atom stereocenters. The molecule has 1 saturated heterocycles. The van der Waals surface area contributed by atoms with E-state index >= 15 is 0 Å². The summed E-state index contributed by atoms with van der Waals surface area (Å²) < 4.78 is 5.73. The molecule has 0 aromatic carbocycles. The molecule has 1 rings (SSSR count). The zero-order chi connectivity index (χ0) is 12.9. The van der Waals surface area contributed by atoms with Crippen LogP contribution in [-0.4, -0.2) is 60.9 Å². The van der Waals surface area contributed by atoms with E-state index in [2.05, 4.69) is 10.2 Å². The molecule has 100 valence electrons. The third kappa shape index (κ3) is 5.02. The van der Waals surface area contributed by atoms with Gasteiger partial charge in [-0.05, 0) is 26.8 Å². The zero-order valence-corrected chi connectivity index (χ0v) is 11.0. The maximum Gasteiger partial charge on any atom is 0.219 e. The Kier molecular flexibility index (Phi) is 5.36. The molecule has 5 nitrogen and oxygen atoms in total. The van der Waals surface area contributed by atoms with Gasteiger partial charge in [0.2, 0.25) is 5.91 Å². The summed E-state index contributed by atoms with van der Waals surface area (Å²) in [6.07, 6.45) is 1.28. The van der Waals surface area contributed by atoms with E-state index in [0.29, 0.717) is 6.42 Å². The molecule has 0 bridgehead atoms. The molecular formula is C12H24N2O3. The van der Waals surface area contributed by atoms with Gasteiger partial charge in [-0.15, -0.1) is 0 Å². The fraction of sp³-hybridized carbons (Fsp3) is 0.917. The maximum absolute atomic E-state index is 11.1. The Labute approximate surface area is 103 Å². The highest BCUT2D eigenvalue weighted by Crippen LogP contribution is 2.20. The van der Waals surface area contributed by atoms with Gasteiger partial charge in [0.25, 0.3) is 0 Å². The van der Waals surface area contributed by atoms with Gasteiger partial charge in [0.05, 0.1) is 18.3 Å². The Morgan fingerprint density at radius 3 is 2.88 bits per heavy atom. The first-order chi connectivity index (χ1) is 7.96. The number of aliphatic hydroxyl groups is 1. The van der Waals surface area contributed by atoms with E-state index in [1.165, 1.54) is 0 Å². The number of aliphatic hydroxyl groups excluding tert-OH is 1. The van der Waals surface area contributed by atoms with Gasteiger partial charge in [-0.25, -0.2) is 0 Å². The SMILES string of the molecule is CNC(=O)CCCN1CC(CO)OC(C)(C)C1. The molecule has 0 aliphatic carbocycles. The number of amides is 1. The van der Waals surface area contributed by atoms with Crippen molar-refractivity contribution < 1.29 is 14.6 Å². The van der Waals surface area contributed by atoms with Crippen LogP contribution in [-0.2, 0) is 9.53 Å². The lowest BCUT2D eigenvalue weighted by Gasteiger charge is -2.42. The largest absolute Gasteiger partial charge is 0.394 e. The van der Waals surface area contributed by atoms with E-state index in [0.717, 1.165) is 26.1 Å². The van der Waals surface area contributed by atoms with E-state index in [1.54, 1.807) is 7.05 Å². The Morgan fingerprint density at radius 2 is 2.29 bits per heavy atom. The fourth-order valence-electron chi connectivity index (χ4n) is 2.27. The molecule has 0 aromatic heterocycles. The highest BCUT2D eigenvalue weighted by Gasteiger charge is 2.32. The topological polar surface area (TPSA) is 61.8 Å². The summed E-state index contributed by atoms with van der Waals surface area (Å²) in [6.45, 7) is 6.57. The Hall–Kier alpha value is -0.650. The Bertz CT molecular complexity index is 256. The van der Waals surface area contributed by atoms with Gasteiger partial charge < -0.3 is 15.2 Å². The van der Waals surface area contributed by atoms with Crippen molar-refractivity contribution in [3.8, 4) is 0 Å². The van der Waals surface area contributed by atoms with Crippen LogP contribution in [0.2, 0.25) is 0 Å². The van der Waals surface area contributed by atoms with Crippen molar-refractivity contribution in [1.82, 2.24) is 10.2 Å². The predicted octanol–water partition coefficient (Wildman–Crippen LogP) is -0.0157. The third-order valence-electron chi connectivity index (χ3n) is 2.91. The predicted molar refractivity (Wildman–Crippen MR) is 65.8 cm³/mol. The van der Waals surface area contributed by atoms with E-state index < -0.39 is 0 Å². The van der Waals surface area contributed by atoms with E-state index in [9.17, 15) is 9.90 Å². The number of ether oxygens (including phenoxy) is 1. The molecule has 1 unspecified atom stereocenters. The van der Waals surface area contributed by atoms with Crippen molar-refractivity contribution in [2.75, 3.05) is 33.3 Å². The van der Waals surface area contributed by atoms with Crippen LogP contribution >= 0.6 is 0 Å². The van der Waals surface area contributed by atoms with Crippen molar-refractivity contribution >= 4 is 5.91 Å². The Morgan fingerprint density at radius 1 is 1.59 bits per heavy atom. The highest BCUT2D eigenvalue weighted by molar-refractivity contribution is 5.75. The molecule has 1 aliphatic rings. The monoisotopic (exact) mass is 244 g/mol. The van der Waals surface area contributed by atoms with Gasteiger partial charge in [-0.1, -0.05) is 0 Å². The average Bonchev–Trinajstić information content (AvgIpc) is 2.26. The van der Waals surface area contributed by atoms with Crippen LogP contribution in [0, 0.1) is 0 Å². The standard InChI is InChI=1S/C12H24N2O3/c1-12(2)9-14(7-10(8-15)17-12)6-4-5-11(16)13-3/h10,15H,4-9H2,1-3H3,(H,13,16). The number of rotatable bonds is 5. The minimum atomic E-state index is -0.224. The van der Waals surface area contributed by atoms with Gasteiger partial charge in [-0.3, -0.25) is 9.69 Å². The smallest absolute Gasteiger partial charge is 0.219 e. The molecule has 0 radical (unpaired) electrons. The molecule has 2 N–H and O–H groups in total. The van der Waals surface area contributed by atoms with Crippen molar-refractivity contribution in [2.24, 2.45) is 0 Å². The van der Waals surface area contributed by atoms with Crippen LogP contribution in [0.4, 0.5) is 0 Å². The molecule has 0 saturated carbocycles. The van der Waals surface area contributed by atoms with Crippen LogP contribution in [0.3, 0.4) is 0 Å². The molecule has 1 heterocycles. The third-order valence-corrected chi connectivity index (χ3v) is 2.91. The van der Waals surface area contributed by atoms with Crippen LogP contribution in [0.15, 0.2) is 0 Å². The van der Waals surface area contributed by atoms with Crippen LogP contribution in [0.1, 0.15) is 26.7 Å². The van der Waals surface area contributed by atoms with Crippen LogP contribution in [0.25, 0.3) is 0 Å². The van der Waals surface area contributed by atoms with Crippen molar-refractivity contribution in [3.05, 3.63) is 0 Å². The molecule has 0 aromatic rings. The van der Waals surface area contributed by atoms with Gasteiger partial charge >= 0.3 is 0 Å². The van der Waals surface area contributed by atoms with Crippen LogP contribution in [0.5, 0.6) is 0 Å². The minimum Gasteiger partial charge on any atom is -0.394 e. The number of carbonyl (C=O) groups is 1. The average molecular weight is 244 g/mol. The summed E-state index contributed by atoms with van der Waals surface area (Å²) >= 11 is 0. The molecule has 5 heteroatoms. The van der Waals surface area contributed by atoms with Crippen molar-refractivity contribution in [2.45, 2.75) is 38.4 Å². The van der Waals surface area contributed by atoms with E-state index in [-0.39, 0.29) is 24.2 Å². The molecule has 17 heavy (non-hydrogen) atoms. The summed E-state index contributed by atoms with van der Waals surface area (Å²) in [6, 6.07) is 0. The van der Waals surface area contributed by atoms with Crippen LogP contribution < -0.4 is 5.32 Å². The van der Waals surface area contributed by atoms with Gasteiger partial charge in [0, 0.05) is 26.6 Å². The summed E-state index contributed by atoms with van der Waals surface area (Å²) in [4.78, 5) is 13.4. The number of carbonyl (C=O) groups excluding carboxylic acids is 1. The van der Waals surface area contributed by atoms with Gasteiger partial charge in [-0.2, -0.15) is 0 Å². The number of morpholine rings is 1. The van der Waals surface area contributed by atoms with E-state index in [4.69, 9.17) is 4.74 Å². The van der Waals surface area contributed by atoms with Gasteiger partial charge in [0.1, 0.15) is 0 Å². The summed E-state index contributed by atoms with van der Waals surface area (Å²) in [5, 5.41) is 11.8. The highest BCUT2D eigenvalue weighted by atomic mass is 16.5. The summed E-state index contributed by atoms with van der Waals surface area (Å²) in [7, 11) is 1.65. The fourth-order valence-corrected chi connectivity index (χ4v) is 2.27. The lowest BCUT2D eigenvalue weighted by molar-refractivity contribution is -0.149. The lowest BCUT2D eigenvalue weighted by Crippen LogP contribution is -2.53. The van der Waals surface area contributed by atoms with Crippen molar-refractivity contribution in [3.63, 3.8) is 0 Å². The summed E-state index contributed by atoms with van der Waals surface area (Å²) in [5.41, 5.74) is -0.224.